The zero-order valence-electron chi connectivity index (χ0n) is 11.9. The second-order valence-electron chi connectivity index (χ2n) is 5.45. The van der Waals surface area contributed by atoms with Gasteiger partial charge in [-0.05, 0) is 6.07 Å². The van der Waals surface area contributed by atoms with E-state index < -0.39 is 31.1 Å². The Morgan fingerprint density at radius 3 is 2.83 bits per heavy atom. The highest BCUT2D eigenvalue weighted by atomic mass is 16.6. The van der Waals surface area contributed by atoms with Crippen molar-refractivity contribution in [3.8, 4) is 0 Å². The molecule has 0 amide bonds. The van der Waals surface area contributed by atoms with Crippen LogP contribution in [0.25, 0.3) is 21.9 Å². The third-order valence-electron chi connectivity index (χ3n) is 4.19. The number of nitrogen functional groups attached to an aromatic ring is 1. The lowest BCUT2D eigenvalue weighted by Gasteiger charge is -2.18. The van der Waals surface area contributed by atoms with E-state index in [0.717, 1.165) is 5.39 Å². The summed E-state index contributed by atoms with van der Waals surface area (Å²) in [6, 6.07) is 1.77. The second kappa shape index (κ2) is 5.10. The summed E-state index contributed by atoms with van der Waals surface area (Å²) in [5.74, 6) is 0.302. The molecule has 3 aromatic rings. The zero-order valence-corrected chi connectivity index (χ0v) is 11.9. The fourth-order valence-electron chi connectivity index (χ4n) is 3.08. The first-order valence-corrected chi connectivity index (χ1v) is 7.10. The number of pyridine rings is 1. The van der Waals surface area contributed by atoms with Crippen LogP contribution in [0.15, 0.2) is 24.8 Å². The zero-order chi connectivity index (χ0) is 16.1. The molecule has 1 saturated heterocycles. The Labute approximate surface area is 130 Å². The molecule has 0 unspecified atom stereocenters. The normalized spacial score (nSPS) is 28.0. The van der Waals surface area contributed by atoms with E-state index in [2.05, 4.69) is 15.0 Å². The number of hydrogen-bond acceptors (Lipinski definition) is 8. The quantitative estimate of drug-likeness (QED) is 0.480. The molecule has 1 fully saturated rings. The minimum atomic E-state index is -1.22. The van der Waals surface area contributed by atoms with Crippen LogP contribution in [-0.4, -0.2) is 59.8 Å². The molecule has 0 saturated carbocycles. The largest absolute Gasteiger partial charge is 0.394 e. The Morgan fingerprint density at radius 2 is 2.09 bits per heavy atom. The van der Waals surface area contributed by atoms with Gasteiger partial charge in [0.25, 0.3) is 0 Å². The van der Waals surface area contributed by atoms with Crippen molar-refractivity contribution in [3.63, 3.8) is 0 Å². The molecule has 9 heteroatoms. The van der Waals surface area contributed by atoms with Gasteiger partial charge in [-0.2, -0.15) is 0 Å². The highest BCUT2D eigenvalue weighted by molar-refractivity contribution is 6.11. The van der Waals surface area contributed by atoms with Crippen LogP contribution in [0, 0.1) is 0 Å². The van der Waals surface area contributed by atoms with E-state index in [9.17, 15) is 15.3 Å². The number of anilines is 1. The number of aliphatic hydroxyl groups excluding tert-OH is 3. The van der Waals surface area contributed by atoms with Crippen LogP contribution in [0.5, 0.6) is 0 Å². The van der Waals surface area contributed by atoms with Gasteiger partial charge in [0.05, 0.1) is 23.7 Å². The van der Waals surface area contributed by atoms with Gasteiger partial charge in [0.1, 0.15) is 36.1 Å². The molecule has 4 heterocycles. The lowest BCUT2D eigenvalue weighted by molar-refractivity contribution is -0.0490. The van der Waals surface area contributed by atoms with Crippen molar-refractivity contribution in [2.45, 2.75) is 24.5 Å². The van der Waals surface area contributed by atoms with Crippen molar-refractivity contribution in [1.82, 2.24) is 19.5 Å². The van der Waals surface area contributed by atoms with Gasteiger partial charge in [-0.1, -0.05) is 0 Å². The summed E-state index contributed by atoms with van der Waals surface area (Å²) in [5.41, 5.74) is 7.08. The molecule has 0 spiro atoms. The van der Waals surface area contributed by atoms with Crippen LogP contribution >= 0.6 is 0 Å². The smallest absolute Gasteiger partial charge is 0.165 e. The Hall–Kier alpha value is -2.33. The fraction of sp³-hybridized carbons (Fsp3) is 0.357. The van der Waals surface area contributed by atoms with E-state index in [1.54, 1.807) is 23.0 Å². The summed E-state index contributed by atoms with van der Waals surface area (Å²) in [7, 11) is 0. The van der Waals surface area contributed by atoms with E-state index in [1.807, 2.05) is 0 Å². The topological polar surface area (TPSA) is 140 Å². The van der Waals surface area contributed by atoms with Crippen LogP contribution in [0.4, 0.5) is 5.82 Å². The molecule has 4 atom stereocenters. The van der Waals surface area contributed by atoms with Crippen LogP contribution in [0.3, 0.4) is 0 Å². The molecule has 4 rings (SSSR count). The molecule has 0 aliphatic carbocycles. The summed E-state index contributed by atoms with van der Waals surface area (Å²) in [5, 5.41) is 31.0. The third kappa shape index (κ3) is 1.91. The van der Waals surface area contributed by atoms with Gasteiger partial charge in [-0.15, -0.1) is 0 Å². The van der Waals surface area contributed by atoms with Crippen molar-refractivity contribution < 1.29 is 20.1 Å². The molecule has 3 aromatic heterocycles. The van der Waals surface area contributed by atoms with Crippen LogP contribution < -0.4 is 5.73 Å². The van der Waals surface area contributed by atoms with Gasteiger partial charge in [-0.3, -0.25) is 9.55 Å². The molecule has 9 nitrogen and oxygen atoms in total. The van der Waals surface area contributed by atoms with Crippen molar-refractivity contribution in [1.29, 1.82) is 0 Å². The van der Waals surface area contributed by atoms with Gasteiger partial charge in [-0.25, -0.2) is 9.97 Å². The highest BCUT2D eigenvalue weighted by Crippen LogP contribution is 2.37. The van der Waals surface area contributed by atoms with Crippen molar-refractivity contribution in [2.24, 2.45) is 0 Å². The molecule has 1 aliphatic heterocycles. The van der Waals surface area contributed by atoms with Crippen LogP contribution in [0.1, 0.15) is 6.23 Å². The maximum Gasteiger partial charge on any atom is 0.165 e. The number of nitrogens with two attached hydrogens (primary N) is 1. The lowest BCUT2D eigenvalue weighted by Crippen LogP contribution is -2.33. The van der Waals surface area contributed by atoms with Crippen molar-refractivity contribution in [3.05, 3.63) is 24.8 Å². The Kier molecular flexibility index (Phi) is 3.16. The highest BCUT2D eigenvalue weighted by Gasteiger charge is 2.44. The summed E-state index contributed by atoms with van der Waals surface area (Å²) in [6.07, 6.45) is 0.331. The number of aliphatic hydroxyl groups is 3. The first-order valence-electron chi connectivity index (χ1n) is 7.10. The molecule has 120 valence electrons. The number of fused-ring (bicyclic) bond motifs is 3. The predicted octanol–water partition coefficient (Wildman–Crippen LogP) is -0.827. The van der Waals surface area contributed by atoms with Crippen molar-refractivity contribution in [2.75, 3.05) is 12.3 Å². The first kappa shape index (κ1) is 14.3. The van der Waals surface area contributed by atoms with Gasteiger partial charge >= 0.3 is 0 Å². The van der Waals surface area contributed by atoms with Gasteiger partial charge in [0.2, 0.25) is 0 Å². The molecular formula is C14H15N5O4. The number of hydrogen-bond donors (Lipinski definition) is 4. The fourth-order valence-corrected chi connectivity index (χ4v) is 3.08. The average Bonchev–Trinajstić information content (AvgIpc) is 3.04. The molecule has 0 bridgehead atoms. The standard InChI is InChI=1S/C14H15N5O4/c15-12-9-6-1-2-16-3-7(6)19(13(9)18-5-17-12)14-11(22)10(21)8(4-20)23-14/h1-3,5,8,10-11,14,20-22H,4H2,(H2,15,17,18)/t8-,10-,11-,14-/m1/s1. The molecule has 0 aromatic carbocycles. The van der Waals surface area contributed by atoms with E-state index in [1.165, 1.54) is 6.33 Å². The molecule has 0 radical (unpaired) electrons. The second-order valence-corrected chi connectivity index (χ2v) is 5.45. The van der Waals surface area contributed by atoms with Gasteiger partial charge in [0.15, 0.2) is 6.23 Å². The number of rotatable bonds is 2. The monoisotopic (exact) mass is 317 g/mol. The van der Waals surface area contributed by atoms with Crippen LogP contribution in [-0.2, 0) is 4.74 Å². The Morgan fingerprint density at radius 1 is 1.26 bits per heavy atom. The van der Waals surface area contributed by atoms with Gasteiger partial charge < -0.3 is 25.8 Å². The maximum absolute atomic E-state index is 10.3. The van der Waals surface area contributed by atoms with E-state index in [-0.39, 0.29) is 0 Å². The summed E-state index contributed by atoms with van der Waals surface area (Å²) < 4.78 is 7.24. The van der Waals surface area contributed by atoms with E-state index in [0.29, 0.717) is 22.4 Å². The minimum absolute atomic E-state index is 0.302. The summed E-state index contributed by atoms with van der Waals surface area (Å²) in [4.78, 5) is 12.3. The van der Waals surface area contributed by atoms with Crippen LogP contribution in [0.2, 0.25) is 0 Å². The summed E-state index contributed by atoms with van der Waals surface area (Å²) >= 11 is 0. The van der Waals surface area contributed by atoms with E-state index >= 15 is 0 Å². The third-order valence-corrected chi connectivity index (χ3v) is 4.19. The first-order chi connectivity index (χ1) is 11.1. The number of ether oxygens (including phenoxy) is 1. The van der Waals surface area contributed by atoms with E-state index in [4.69, 9.17) is 10.5 Å². The van der Waals surface area contributed by atoms with Gasteiger partial charge in [0, 0.05) is 11.6 Å². The Bertz CT molecular complexity index is 882. The molecule has 23 heavy (non-hydrogen) atoms. The minimum Gasteiger partial charge on any atom is -0.394 e. The predicted molar refractivity (Wildman–Crippen MR) is 80.3 cm³/mol. The summed E-state index contributed by atoms with van der Waals surface area (Å²) in [6.45, 7) is -0.402. The lowest BCUT2D eigenvalue weighted by atomic mass is 10.1. The number of aromatic nitrogens is 4. The SMILES string of the molecule is Nc1ncnc2c1c1ccncc1n2[C@@H]1O[C@H](CO)[C@@H](O)[C@H]1O. The Balaban J connectivity index is 2.01. The maximum atomic E-state index is 10.3. The number of nitrogens with zero attached hydrogens (tertiary/aromatic N) is 4. The molecule has 5 N–H and O–H groups in total. The molecular weight excluding hydrogens is 302 g/mol. The average molecular weight is 317 g/mol. The van der Waals surface area contributed by atoms with Crippen molar-refractivity contribution >= 4 is 27.8 Å². The molecule has 1 aliphatic rings.